The van der Waals surface area contributed by atoms with Crippen LogP contribution in [-0.4, -0.2) is 11.1 Å². The van der Waals surface area contributed by atoms with Crippen LogP contribution in [0.3, 0.4) is 0 Å². The first kappa shape index (κ1) is 14.3. The molecular formula is C15H18ClFO2. The second kappa shape index (κ2) is 5.49. The molecule has 2 nitrogen and oxygen atoms in total. The SMILES string of the molecule is CC1CCCC(Cc2ccc(Cl)c(F)c2)(C(=O)O)C1. The Morgan fingerprint density at radius 1 is 1.58 bits per heavy atom. The Kier molecular flexibility index (Phi) is 4.14. The molecule has 0 spiro atoms. The zero-order valence-corrected chi connectivity index (χ0v) is 11.7. The van der Waals surface area contributed by atoms with Gasteiger partial charge in [-0.2, -0.15) is 0 Å². The number of benzene rings is 1. The fraction of sp³-hybridized carbons (Fsp3) is 0.533. The van der Waals surface area contributed by atoms with Crippen molar-refractivity contribution in [1.82, 2.24) is 0 Å². The van der Waals surface area contributed by atoms with Crippen molar-refractivity contribution >= 4 is 17.6 Å². The second-order valence-corrected chi connectivity index (χ2v) is 6.12. The highest BCUT2D eigenvalue weighted by Gasteiger charge is 2.41. The van der Waals surface area contributed by atoms with Crippen molar-refractivity contribution in [1.29, 1.82) is 0 Å². The van der Waals surface area contributed by atoms with E-state index in [-0.39, 0.29) is 5.02 Å². The molecule has 0 aromatic heterocycles. The second-order valence-electron chi connectivity index (χ2n) is 5.71. The van der Waals surface area contributed by atoms with Crippen LogP contribution in [0.25, 0.3) is 0 Å². The average molecular weight is 285 g/mol. The van der Waals surface area contributed by atoms with Gasteiger partial charge in [-0.05, 0) is 42.9 Å². The predicted octanol–water partition coefficient (Wildman–Crippen LogP) is 4.30. The Labute approximate surface area is 117 Å². The molecule has 2 unspecified atom stereocenters. The number of carboxylic acids is 1. The zero-order chi connectivity index (χ0) is 14.0. The molecule has 2 atom stereocenters. The minimum Gasteiger partial charge on any atom is -0.481 e. The number of hydrogen-bond acceptors (Lipinski definition) is 1. The third kappa shape index (κ3) is 3.08. The average Bonchev–Trinajstić information content (AvgIpc) is 2.34. The number of hydrogen-bond donors (Lipinski definition) is 1. The van der Waals surface area contributed by atoms with Gasteiger partial charge in [0.1, 0.15) is 5.82 Å². The molecule has 0 heterocycles. The van der Waals surface area contributed by atoms with Crippen LogP contribution >= 0.6 is 11.6 Å². The van der Waals surface area contributed by atoms with E-state index >= 15 is 0 Å². The summed E-state index contributed by atoms with van der Waals surface area (Å²) in [6.45, 7) is 2.08. The first-order chi connectivity index (χ1) is 8.93. The van der Waals surface area contributed by atoms with Gasteiger partial charge in [-0.1, -0.05) is 37.4 Å². The maximum atomic E-state index is 13.5. The molecule has 0 radical (unpaired) electrons. The van der Waals surface area contributed by atoms with E-state index in [4.69, 9.17) is 11.6 Å². The smallest absolute Gasteiger partial charge is 0.309 e. The molecule has 19 heavy (non-hydrogen) atoms. The van der Waals surface area contributed by atoms with Gasteiger partial charge in [-0.15, -0.1) is 0 Å². The minimum atomic E-state index is -0.769. The maximum Gasteiger partial charge on any atom is 0.309 e. The fourth-order valence-electron chi connectivity index (χ4n) is 3.13. The van der Waals surface area contributed by atoms with Crippen molar-refractivity contribution in [2.75, 3.05) is 0 Å². The number of carboxylic acid groups (broad SMARTS) is 1. The van der Waals surface area contributed by atoms with Gasteiger partial charge in [0.25, 0.3) is 0 Å². The summed E-state index contributed by atoms with van der Waals surface area (Å²) in [6, 6.07) is 4.57. The van der Waals surface area contributed by atoms with E-state index in [0.717, 1.165) is 12.8 Å². The van der Waals surface area contributed by atoms with Gasteiger partial charge in [0, 0.05) is 0 Å². The maximum absolute atomic E-state index is 13.5. The molecule has 0 bridgehead atoms. The Morgan fingerprint density at radius 2 is 2.32 bits per heavy atom. The van der Waals surface area contributed by atoms with E-state index < -0.39 is 17.2 Å². The van der Waals surface area contributed by atoms with E-state index in [2.05, 4.69) is 6.92 Å². The Morgan fingerprint density at radius 3 is 2.89 bits per heavy atom. The van der Waals surface area contributed by atoms with Gasteiger partial charge in [-0.25, -0.2) is 4.39 Å². The lowest BCUT2D eigenvalue weighted by molar-refractivity contribution is -0.152. The lowest BCUT2D eigenvalue weighted by atomic mass is 9.67. The van der Waals surface area contributed by atoms with Crippen LogP contribution in [0, 0.1) is 17.2 Å². The molecule has 2 rings (SSSR count). The van der Waals surface area contributed by atoms with Crippen LogP contribution in [0.4, 0.5) is 4.39 Å². The highest BCUT2D eigenvalue weighted by atomic mass is 35.5. The molecule has 104 valence electrons. The molecular weight excluding hydrogens is 267 g/mol. The van der Waals surface area contributed by atoms with Gasteiger partial charge >= 0.3 is 5.97 Å². The van der Waals surface area contributed by atoms with Gasteiger partial charge in [0.15, 0.2) is 0 Å². The topological polar surface area (TPSA) is 37.3 Å². The summed E-state index contributed by atoms with van der Waals surface area (Å²) in [6.07, 6.45) is 3.69. The van der Waals surface area contributed by atoms with Crippen molar-refractivity contribution in [3.63, 3.8) is 0 Å². The van der Waals surface area contributed by atoms with E-state index in [0.29, 0.717) is 30.7 Å². The van der Waals surface area contributed by atoms with Crippen LogP contribution in [0.5, 0.6) is 0 Å². The number of rotatable bonds is 3. The van der Waals surface area contributed by atoms with Crippen LogP contribution in [0.2, 0.25) is 5.02 Å². The molecule has 0 saturated heterocycles. The summed E-state index contributed by atoms with van der Waals surface area (Å²) < 4.78 is 13.5. The van der Waals surface area contributed by atoms with Gasteiger partial charge in [-0.3, -0.25) is 4.79 Å². The quantitative estimate of drug-likeness (QED) is 0.898. The normalized spacial score (nSPS) is 27.2. The highest BCUT2D eigenvalue weighted by molar-refractivity contribution is 6.30. The summed E-state index contributed by atoms with van der Waals surface area (Å²) in [5.74, 6) is -0.847. The van der Waals surface area contributed by atoms with Crippen molar-refractivity contribution in [2.45, 2.75) is 39.0 Å². The van der Waals surface area contributed by atoms with E-state index in [1.54, 1.807) is 6.07 Å². The van der Waals surface area contributed by atoms with E-state index in [1.165, 1.54) is 12.1 Å². The standard InChI is InChI=1S/C15H18ClFO2/c1-10-3-2-6-15(8-10,14(18)19)9-11-4-5-12(16)13(17)7-11/h4-5,7,10H,2-3,6,8-9H2,1H3,(H,18,19). The summed E-state index contributed by atoms with van der Waals surface area (Å²) in [7, 11) is 0. The Balaban J connectivity index is 2.25. The fourth-order valence-corrected chi connectivity index (χ4v) is 3.25. The van der Waals surface area contributed by atoms with Gasteiger partial charge in [0.05, 0.1) is 10.4 Å². The molecule has 1 aromatic rings. The Hall–Kier alpha value is -1.09. The van der Waals surface area contributed by atoms with Gasteiger partial charge < -0.3 is 5.11 Å². The first-order valence-corrected chi connectivity index (χ1v) is 6.98. The van der Waals surface area contributed by atoms with Crippen molar-refractivity contribution in [2.24, 2.45) is 11.3 Å². The summed E-state index contributed by atoms with van der Waals surface area (Å²) in [5.41, 5.74) is -0.0452. The third-order valence-corrected chi connectivity index (χ3v) is 4.38. The molecule has 0 amide bonds. The van der Waals surface area contributed by atoms with Crippen LogP contribution in [0.15, 0.2) is 18.2 Å². The molecule has 1 aliphatic rings. The van der Waals surface area contributed by atoms with Crippen molar-refractivity contribution in [3.8, 4) is 0 Å². The zero-order valence-electron chi connectivity index (χ0n) is 11.0. The predicted molar refractivity (Wildman–Crippen MR) is 72.8 cm³/mol. The van der Waals surface area contributed by atoms with Crippen LogP contribution in [-0.2, 0) is 11.2 Å². The molecule has 1 fully saturated rings. The van der Waals surface area contributed by atoms with Crippen molar-refractivity contribution < 1.29 is 14.3 Å². The highest BCUT2D eigenvalue weighted by Crippen LogP contribution is 2.42. The summed E-state index contributed by atoms with van der Waals surface area (Å²) in [5, 5.41) is 9.65. The van der Waals surface area contributed by atoms with Crippen molar-refractivity contribution in [3.05, 3.63) is 34.6 Å². The largest absolute Gasteiger partial charge is 0.481 e. The molecule has 4 heteroatoms. The third-order valence-electron chi connectivity index (χ3n) is 4.07. The van der Waals surface area contributed by atoms with Gasteiger partial charge in [0.2, 0.25) is 0 Å². The lowest BCUT2D eigenvalue weighted by Gasteiger charge is -2.36. The molecule has 1 N–H and O–H groups in total. The summed E-state index contributed by atoms with van der Waals surface area (Å²) >= 11 is 5.65. The number of halogens is 2. The minimum absolute atomic E-state index is 0.0742. The summed E-state index contributed by atoms with van der Waals surface area (Å²) in [4.78, 5) is 11.7. The van der Waals surface area contributed by atoms with Crippen LogP contribution < -0.4 is 0 Å². The molecule has 1 aromatic carbocycles. The number of aliphatic carboxylic acids is 1. The monoisotopic (exact) mass is 284 g/mol. The lowest BCUT2D eigenvalue weighted by Crippen LogP contribution is -2.37. The molecule has 0 aliphatic heterocycles. The van der Waals surface area contributed by atoms with Crippen LogP contribution in [0.1, 0.15) is 38.2 Å². The van der Waals surface area contributed by atoms with E-state index in [9.17, 15) is 14.3 Å². The Bertz CT molecular complexity index is 489. The molecule has 1 saturated carbocycles. The van der Waals surface area contributed by atoms with E-state index in [1.807, 2.05) is 0 Å². The molecule has 1 aliphatic carbocycles. The number of carbonyl (C=O) groups is 1. The first-order valence-electron chi connectivity index (χ1n) is 6.60.